The van der Waals surface area contributed by atoms with Crippen molar-refractivity contribution in [2.75, 3.05) is 31.6 Å². The van der Waals surface area contributed by atoms with Gasteiger partial charge in [0.1, 0.15) is 6.61 Å². The van der Waals surface area contributed by atoms with E-state index in [0.717, 1.165) is 19.3 Å². The summed E-state index contributed by atoms with van der Waals surface area (Å²) < 4.78 is 31.6. The maximum absolute atomic E-state index is 12.0. The predicted molar refractivity (Wildman–Crippen MR) is 89.7 cm³/mol. The lowest BCUT2D eigenvalue weighted by Gasteiger charge is -2.09. The number of benzene rings is 1. The Morgan fingerprint density at radius 2 is 2.09 bits per heavy atom. The first-order valence-corrected chi connectivity index (χ1v) is 9.15. The summed E-state index contributed by atoms with van der Waals surface area (Å²) >= 11 is 0. The molecule has 0 fully saturated rings. The third kappa shape index (κ3) is 7.56. The van der Waals surface area contributed by atoms with Crippen LogP contribution in [0.25, 0.3) is 0 Å². The molecule has 4 N–H and O–H groups in total. The molecule has 0 aliphatic carbocycles. The minimum absolute atomic E-state index is 0.0495. The molecule has 0 radical (unpaired) electrons. The van der Waals surface area contributed by atoms with Crippen LogP contribution < -0.4 is 15.8 Å². The van der Waals surface area contributed by atoms with Crippen LogP contribution in [0.4, 0.5) is 5.69 Å². The van der Waals surface area contributed by atoms with Gasteiger partial charge in [0, 0.05) is 25.4 Å². The fraction of sp³-hybridized carbons (Fsp3) is 0.533. The van der Waals surface area contributed by atoms with Crippen molar-refractivity contribution in [1.29, 1.82) is 0 Å². The molecule has 0 spiro atoms. The van der Waals surface area contributed by atoms with E-state index < -0.39 is 10.0 Å². The smallest absolute Gasteiger partial charge is 0.250 e. The number of amides is 1. The van der Waals surface area contributed by atoms with Crippen LogP contribution in [0, 0.1) is 0 Å². The first kappa shape index (κ1) is 19.6. The van der Waals surface area contributed by atoms with Gasteiger partial charge in [-0.3, -0.25) is 4.79 Å². The van der Waals surface area contributed by atoms with Crippen molar-refractivity contribution in [3.63, 3.8) is 0 Å². The highest BCUT2D eigenvalue weighted by Crippen LogP contribution is 2.15. The Morgan fingerprint density at radius 1 is 1.30 bits per heavy atom. The van der Waals surface area contributed by atoms with E-state index in [-0.39, 0.29) is 30.5 Å². The Kier molecular flexibility index (Phi) is 8.78. The molecule has 0 unspecified atom stereocenters. The number of anilines is 1. The molecule has 0 saturated heterocycles. The second-order valence-corrected chi connectivity index (χ2v) is 6.79. The summed E-state index contributed by atoms with van der Waals surface area (Å²) in [5, 5.41) is 2.62. The lowest BCUT2D eigenvalue weighted by Crippen LogP contribution is -2.29. The summed E-state index contributed by atoms with van der Waals surface area (Å²) in [4.78, 5) is 11.8. The largest absolute Gasteiger partial charge is 0.372 e. The third-order valence-corrected chi connectivity index (χ3v) is 4.45. The van der Waals surface area contributed by atoms with E-state index in [1.54, 1.807) is 12.1 Å². The van der Waals surface area contributed by atoms with E-state index in [2.05, 4.69) is 17.0 Å². The molecule has 8 heteroatoms. The SMILES string of the molecule is CCCCCOCC(=O)Nc1cccc(S(=O)(=O)NCCN)c1. The number of unbranched alkanes of at least 4 members (excludes halogenated alkanes) is 2. The van der Waals surface area contributed by atoms with Gasteiger partial charge >= 0.3 is 0 Å². The van der Waals surface area contributed by atoms with Crippen LogP contribution in [0.1, 0.15) is 26.2 Å². The summed E-state index contributed by atoms with van der Waals surface area (Å²) in [6.07, 6.45) is 3.08. The molecule has 7 nitrogen and oxygen atoms in total. The summed E-state index contributed by atoms with van der Waals surface area (Å²) in [6, 6.07) is 6.04. The molecule has 1 amide bonds. The minimum atomic E-state index is -3.62. The molecule has 0 saturated carbocycles. The Morgan fingerprint density at radius 3 is 2.78 bits per heavy atom. The fourth-order valence-electron chi connectivity index (χ4n) is 1.83. The second-order valence-electron chi connectivity index (χ2n) is 5.02. The van der Waals surface area contributed by atoms with Gasteiger partial charge in [-0.1, -0.05) is 25.8 Å². The van der Waals surface area contributed by atoms with E-state index in [1.165, 1.54) is 12.1 Å². The van der Waals surface area contributed by atoms with Crippen molar-refractivity contribution in [2.24, 2.45) is 5.73 Å². The summed E-state index contributed by atoms with van der Waals surface area (Å²) in [6.45, 7) is 2.95. The van der Waals surface area contributed by atoms with Crippen molar-refractivity contribution in [1.82, 2.24) is 4.72 Å². The predicted octanol–water partition coefficient (Wildman–Crippen LogP) is 1.07. The van der Waals surface area contributed by atoms with Crippen LogP contribution in [0.3, 0.4) is 0 Å². The molecule has 0 aliphatic rings. The second kappa shape index (κ2) is 10.3. The van der Waals surface area contributed by atoms with Crippen LogP contribution in [0.2, 0.25) is 0 Å². The number of nitrogens with two attached hydrogens (primary N) is 1. The zero-order chi connectivity index (χ0) is 17.1. The number of carbonyl (C=O) groups excluding carboxylic acids is 1. The topological polar surface area (TPSA) is 111 Å². The molecule has 1 aromatic carbocycles. The van der Waals surface area contributed by atoms with Gasteiger partial charge in [-0.2, -0.15) is 0 Å². The van der Waals surface area contributed by atoms with Gasteiger partial charge in [-0.05, 0) is 24.6 Å². The molecule has 0 aromatic heterocycles. The highest BCUT2D eigenvalue weighted by atomic mass is 32.2. The molecule has 23 heavy (non-hydrogen) atoms. The Bertz CT molecular complexity index is 590. The van der Waals surface area contributed by atoms with Crippen LogP contribution in [-0.4, -0.2) is 40.6 Å². The van der Waals surface area contributed by atoms with E-state index in [4.69, 9.17) is 10.5 Å². The van der Waals surface area contributed by atoms with E-state index in [0.29, 0.717) is 12.3 Å². The van der Waals surface area contributed by atoms with Gasteiger partial charge in [0.15, 0.2) is 0 Å². The van der Waals surface area contributed by atoms with E-state index in [9.17, 15) is 13.2 Å². The first-order valence-electron chi connectivity index (χ1n) is 7.67. The van der Waals surface area contributed by atoms with Gasteiger partial charge in [0.2, 0.25) is 15.9 Å². The Hall–Kier alpha value is -1.48. The van der Waals surface area contributed by atoms with Gasteiger partial charge < -0.3 is 15.8 Å². The summed E-state index contributed by atoms with van der Waals surface area (Å²) in [5.41, 5.74) is 5.69. The van der Waals surface area contributed by atoms with E-state index in [1.807, 2.05) is 0 Å². The summed E-state index contributed by atoms with van der Waals surface area (Å²) in [7, 11) is -3.62. The third-order valence-electron chi connectivity index (χ3n) is 2.99. The standard InChI is InChI=1S/C15H25N3O4S/c1-2-3-4-10-22-12-15(19)18-13-6-5-7-14(11-13)23(20,21)17-9-8-16/h5-7,11,17H,2-4,8-10,12,16H2,1H3,(H,18,19). The van der Waals surface area contributed by atoms with Crippen molar-refractivity contribution in [3.8, 4) is 0 Å². The van der Waals surface area contributed by atoms with Crippen LogP contribution in [0.15, 0.2) is 29.2 Å². The van der Waals surface area contributed by atoms with Crippen molar-refractivity contribution in [2.45, 2.75) is 31.1 Å². The maximum atomic E-state index is 12.0. The maximum Gasteiger partial charge on any atom is 0.250 e. The molecule has 0 aliphatic heterocycles. The van der Waals surface area contributed by atoms with Crippen LogP contribution in [-0.2, 0) is 19.6 Å². The van der Waals surface area contributed by atoms with E-state index >= 15 is 0 Å². The number of sulfonamides is 1. The van der Waals surface area contributed by atoms with Crippen LogP contribution >= 0.6 is 0 Å². The Labute approximate surface area is 137 Å². The Balaban J connectivity index is 2.55. The monoisotopic (exact) mass is 343 g/mol. The number of hydrogen-bond donors (Lipinski definition) is 3. The highest BCUT2D eigenvalue weighted by molar-refractivity contribution is 7.89. The molecular formula is C15H25N3O4S. The summed E-state index contributed by atoms with van der Waals surface area (Å²) in [5.74, 6) is -0.314. The van der Waals surface area contributed by atoms with Crippen molar-refractivity contribution >= 4 is 21.6 Å². The number of rotatable bonds is 11. The number of nitrogens with one attached hydrogen (secondary N) is 2. The average Bonchev–Trinajstić information content (AvgIpc) is 2.53. The number of ether oxygens (including phenoxy) is 1. The van der Waals surface area contributed by atoms with Crippen molar-refractivity contribution in [3.05, 3.63) is 24.3 Å². The fourth-order valence-corrected chi connectivity index (χ4v) is 2.93. The first-order chi connectivity index (χ1) is 11.0. The normalized spacial score (nSPS) is 11.4. The zero-order valence-electron chi connectivity index (χ0n) is 13.4. The molecule has 0 heterocycles. The lowest BCUT2D eigenvalue weighted by molar-refractivity contribution is -0.120. The van der Waals surface area contributed by atoms with Crippen LogP contribution in [0.5, 0.6) is 0 Å². The van der Waals surface area contributed by atoms with Gasteiger partial charge in [-0.25, -0.2) is 13.1 Å². The number of hydrogen-bond acceptors (Lipinski definition) is 5. The quantitative estimate of drug-likeness (QED) is 0.521. The molecule has 130 valence electrons. The molecular weight excluding hydrogens is 318 g/mol. The average molecular weight is 343 g/mol. The lowest BCUT2D eigenvalue weighted by atomic mass is 10.3. The minimum Gasteiger partial charge on any atom is -0.372 e. The molecule has 0 atom stereocenters. The number of carbonyl (C=O) groups is 1. The van der Waals surface area contributed by atoms with Crippen molar-refractivity contribution < 1.29 is 17.9 Å². The van der Waals surface area contributed by atoms with Gasteiger partial charge in [0.25, 0.3) is 0 Å². The molecule has 1 aromatic rings. The molecule has 0 bridgehead atoms. The molecule has 1 rings (SSSR count). The zero-order valence-corrected chi connectivity index (χ0v) is 14.2. The van der Waals surface area contributed by atoms with Gasteiger partial charge in [0.05, 0.1) is 4.90 Å². The van der Waals surface area contributed by atoms with Gasteiger partial charge in [-0.15, -0.1) is 0 Å². The highest BCUT2D eigenvalue weighted by Gasteiger charge is 2.14.